The van der Waals surface area contributed by atoms with Gasteiger partial charge in [0.25, 0.3) is 0 Å². The van der Waals surface area contributed by atoms with Gasteiger partial charge < -0.3 is 14.5 Å². The van der Waals surface area contributed by atoms with Crippen LogP contribution >= 0.6 is 0 Å². The summed E-state index contributed by atoms with van der Waals surface area (Å²) in [4.78, 5) is 16.4. The maximum atomic E-state index is 11.8. The number of anilines is 1. The fourth-order valence-corrected chi connectivity index (χ4v) is 3.26. The second-order valence-corrected chi connectivity index (χ2v) is 6.08. The highest BCUT2D eigenvalue weighted by Gasteiger charge is 2.26. The van der Waals surface area contributed by atoms with E-state index in [0.29, 0.717) is 13.2 Å². The summed E-state index contributed by atoms with van der Waals surface area (Å²) < 4.78 is 5.10. The van der Waals surface area contributed by atoms with E-state index in [9.17, 15) is 4.79 Å². The molecule has 2 heterocycles. The highest BCUT2D eigenvalue weighted by molar-refractivity contribution is 5.89. The summed E-state index contributed by atoms with van der Waals surface area (Å²) in [5, 5.41) is 0. The summed E-state index contributed by atoms with van der Waals surface area (Å²) in [6.07, 6.45) is 4.84. The maximum absolute atomic E-state index is 11.8. The summed E-state index contributed by atoms with van der Waals surface area (Å²) in [5.41, 5.74) is 4.97. The van der Waals surface area contributed by atoms with E-state index >= 15 is 0 Å². The minimum atomic E-state index is -0.156. The lowest BCUT2D eigenvalue weighted by Gasteiger charge is -2.18. The van der Waals surface area contributed by atoms with Gasteiger partial charge >= 0.3 is 5.97 Å². The highest BCUT2D eigenvalue weighted by Crippen LogP contribution is 2.36. The normalized spacial score (nSPS) is 18.9. The van der Waals surface area contributed by atoms with Crippen molar-refractivity contribution in [3.63, 3.8) is 0 Å². The molecule has 0 amide bonds. The van der Waals surface area contributed by atoms with Gasteiger partial charge in [-0.05, 0) is 44.4 Å². The molecule has 3 rings (SSSR count). The molecule has 2 aliphatic heterocycles. The average Bonchev–Trinajstić information content (AvgIpc) is 3.09. The van der Waals surface area contributed by atoms with Gasteiger partial charge in [0.15, 0.2) is 0 Å². The minimum Gasteiger partial charge on any atom is -0.465 e. The summed E-state index contributed by atoms with van der Waals surface area (Å²) in [5.74, 6) is -0.156. The Morgan fingerprint density at radius 1 is 1.32 bits per heavy atom. The number of benzene rings is 1. The second-order valence-electron chi connectivity index (χ2n) is 6.08. The summed E-state index contributed by atoms with van der Waals surface area (Å²) in [7, 11) is 0. The van der Waals surface area contributed by atoms with Crippen molar-refractivity contribution in [3.05, 3.63) is 35.5 Å². The van der Waals surface area contributed by atoms with Crippen LogP contribution in [0.1, 0.15) is 30.9 Å². The molecule has 4 heteroatoms. The lowest BCUT2D eigenvalue weighted by Crippen LogP contribution is -2.29. The van der Waals surface area contributed by atoms with Crippen molar-refractivity contribution >= 4 is 17.2 Å². The van der Waals surface area contributed by atoms with Gasteiger partial charge in [-0.25, -0.2) is 0 Å². The van der Waals surface area contributed by atoms with E-state index in [2.05, 4.69) is 41.1 Å². The van der Waals surface area contributed by atoms with Crippen LogP contribution in [0, 0.1) is 6.92 Å². The zero-order valence-electron chi connectivity index (χ0n) is 13.5. The zero-order chi connectivity index (χ0) is 15.5. The average molecular weight is 300 g/mol. The SMILES string of the molecule is CCOC(=O)CN1CC(=CN2CCCC2)c2cc(C)ccc21. The molecule has 118 valence electrons. The van der Waals surface area contributed by atoms with Gasteiger partial charge in [-0.3, -0.25) is 4.79 Å². The van der Waals surface area contributed by atoms with Crippen LogP contribution in [-0.2, 0) is 9.53 Å². The Hall–Kier alpha value is -1.97. The fourth-order valence-electron chi connectivity index (χ4n) is 3.26. The Morgan fingerprint density at radius 3 is 2.82 bits per heavy atom. The van der Waals surface area contributed by atoms with E-state index in [1.807, 2.05) is 6.92 Å². The van der Waals surface area contributed by atoms with Crippen LogP contribution in [0.25, 0.3) is 5.57 Å². The molecule has 2 aliphatic rings. The molecule has 4 nitrogen and oxygen atoms in total. The molecule has 1 aromatic carbocycles. The summed E-state index contributed by atoms with van der Waals surface area (Å²) >= 11 is 0. The van der Waals surface area contributed by atoms with E-state index in [4.69, 9.17) is 4.74 Å². The molecule has 0 bridgehead atoms. The molecule has 0 N–H and O–H groups in total. The molecule has 0 atom stereocenters. The maximum Gasteiger partial charge on any atom is 0.325 e. The molecule has 1 saturated heterocycles. The second kappa shape index (κ2) is 6.42. The molecular formula is C18H24N2O2. The number of carbonyl (C=O) groups is 1. The van der Waals surface area contributed by atoms with Gasteiger partial charge in [-0.2, -0.15) is 0 Å². The minimum absolute atomic E-state index is 0.156. The Balaban J connectivity index is 1.85. The van der Waals surface area contributed by atoms with Crippen molar-refractivity contribution in [1.29, 1.82) is 0 Å². The van der Waals surface area contributed by atoms with Crippen molar-refractivity contribution < 1.29 is 9.53 Å². The largest absolute Gasteiger partial charge is 0.465 e. The number of esters is 1. The predicted molar refractivity (Wildman–Crippen MR) is 88.8 cm³/mol. The highest BCUT2D eigenvalue weighted by atomic mass is 16.5. The molecule has 22 heavy (non-hydrogen) atoms. The van der Waals surface area contributed by atoms with Gasteiger partial charge in [0.05, 0.1) is 6.61 Å². The fraction of sp³-hybridized carbons (Fsp3) is 0.500. The molecule has 1 aromatic rings. The van der Waals surface area contributed by atoms with Gasteiger partial charge in [0.2, 0.25) is 0 Å². The van der Waals surface area contributed by atoms with E-state index < -0.39 is 0 Å². The number of ether oxygens (including phenoxy) is 1. The number of hydrogen-bond donors (Lipinski definition) is 0. The standard InChI is InChI=1S/C18H24N2O2/c1-3-22-18(21)13-20-12-15(11-19-8-4-5-9-19)16-10-14(2)6-7-17(16)20/h6-7,10-11H,3-5,8-9,12-13H2,1-2H3. The first-order valence-electron chi connectivity index (χ1n) is 8.13. The van der Waals surface area contributed by atoms with Crippen molar-refractivity contribution in [1.82, 2.24) is 4.90 Å². The predicted octanol–water partition coefficient (Wildman–Crippen LogP) is 2.81. The van der Waals surface area contributed by atoms with Gasteiger partial charge in [-0.1, -0.05) is 11.6 Å². The Labute approximate surface area is 132 Å². The third kappa shape index (κ3) is 3.11. The third-order valence-electron chi connectivity index (χ3n) is 4.30. The number of likely N-dealkylation sites (tertiary alicyclic amines) is 1. The van der Waals surface area contributed by atoms with E-state index in [1.165, 1.54) is 29.5 Å². The third-order valence-corrected chi connectivity index (χ3v) is 4.30. The topological polar surface area (TPSA) is 32.8 Å². The molecule has 0 aliphatic carbocycles. The first-order valence-corrected chi connectivity index (χ1v) is 8.13. The molecule has 0 spiro atoms. The first-order chi connectivity index (χ1) is 10.7. The summed E-state index contributed by atoms with van der Waals surface area (Å²) in [6.45, 7) is 7.78. The van der Waals surface area contributed by atoms with Crippen molar-refractivity contribution in [3.8, 4) is 0 Å². The first kappa shape index (κ1) is 14.9. The van der Waals surface area contributed by atoms with E-state index in [1.54, 1.807) is 0 Å². The number of nitrogens with zero attached hydrogens (tertiary/aromatic N) is 2. The molecule has 0 unspecified atom stereocenters. The number of carbonyl (C=O) groups excluding carboxylic acids is 1. The zero-order valence-corrected chi connectivity index (χ0v) is 13.5. The monoisotopic (exact) mass is 300 g/mol. The van der Waals surface area contributed by atoms with Crippen LogP contribution in [0.3, 0.4) is 0 Å². The van der Waals surface area contributed by atoms with Gasteiger partial charge in [0, 0.05) is 37.1 Å². The lowest BCUT2D eigenvalue weighted by molar-refractivity contribution is -0.141. The van der Waals surface area contributed by atoms with Crippen LogP contribution in [0.2, 0.25) is 0 Å². The van der Waals surface area contributed by atoms with Gasteiger partial charge in [-0.15, -0.1) is 0 Å². The van der Waals surface area contributed by atoms with Crippen LogP contribution in [0.5, 0.6) is 0 Å². The molecule has 0 aromatic heterocycles. The van der Waals surface area contributed by atoms with Crippen LogP contribution in [0.4, 0.5) is 5.69 Å². The van der Waals surface area contributed by atoms with E-state index in [0.717, 1.165) is 25.3 Å². The van der Waals surface area contributed by atoms with Crippen LogP contribution < -0.4 is 4.90 Å². The number of aryl methyl sites for hydroxylation is 1. The Kier molecular flexibility index (Phi) is 4.36. The van der Waals surface area contributed by atoms with Crippen molar-refractivity contribution in [2.45, 2.75) is 26.7 Å². The number of hydrogen-bond acceptors (Lipinski definition) is 4. The number of fused-ring (bicyclic) bond motifs is 1. The molecular weight excluding hydrogens is 276 g/mol. The van der Waals surface area contributed by atoms with Crippen LogP contribution in [0.15, 0.2) is 24.4 Å². The van der Waals surface area contributed by atoms with Crippen molar-refractivity contribution in [2.75, 3.05) is 37.7 Å². The smallest absolute Gasteiger partial charge is 0.325 e. The van der Waals surface area contributed by atoms with Crippen LogP contribution in [-0.4, -0.2) is 43.7 Å². The Morgan fingerprint density at radius 2 is 2.09 bits per heavy atom. The lowest BCUT2D eigenvalue weighted by atomic mass is 10.1. The Bertz CT molecular complexity index is 589. The van der Waals surface area contributed by atoms with Crippen molar-refractivity contribution in [2.24, 2.45) is 0 Å². The summed E-state index contributed by atoms with van der Waals surface area (Å²) in [6, 6.07) is 6.45. The molecule has 0 radical (unpaired) electrons. The number of rotatable bonds is 4. The van der Waals surface area contributed by atoms with Gasteiger partial charge in [0.1, 0.15) is 6.54 Å². The quantitative estimate of drug-likeness (QED) is 0.801. The van der Waals surface area contributed by atoms with E-state index in [-0.39, 0.29) is 5.97 Å². The molecule has 1 fully saturated rings. The molecule has 0 saturated carbocycles.